The SMILES string of the molecule is c1c[nH]c(CCNC2CCCOCC2)n1. The molecular weight excluding hydrogens is 190 g/mol. The number of hydrogen-bond acceptors (Lipinski definition) is 3. The number of H-pyrrole nitrogens is 1. The second-order valence-corrected chi connectivity index (χ2v) is 3.98. The highest BCUT2D eigenvalue weighted by molar-refractivity contribution is 4.87. The number of nitrogens with zero attached hydrogens (tertiary/aromatic N) is 1. The van der Waals surface area contributed by atoms with Crippen molar-refractivity contribution in [1.82, 2.24) is 15.3 Å². The molecule has 4 nitrogen and oxygen atoms in total. The van der Waals surface area contributed by atoms with Gasteiger partial charge in [0, 0.05) is 44.6 Å². The summed E-state index contributed by atoms with van der Waals surface area (Å²) in [6.07, 6.45) is 8.20. The quantitative estimate of drug-likeness (QED) is 0.781. The second-order valence-electron chi connectivity index (χ2n) is 3.98. The third kappa shape index (κ3) is 3.64. The monoisotopic (exact) mass is 209 g/mol. The van der Waals surface area contributed by atoms with E-state index in [9.17, 15) is 0 Å². The van der Waals surface area contributed by atoms with Gasteiger partial charge in [-0.1, -0.05) is 0 Å². The molecule has 0 spiro atoms. The normalized spacial score (nSPS) is 22.5. The van der Waals surface area contributed by atoms with E-state index in [-0.39, 0.29) is 0 Å². The molecule has 1 aliphatic rings. The molecule has 2 N–H and O–H groups in total. The van der Waals surface area contributed by atoms with Gasteiger partial charge in [0.1, 0.15) is 5.82 Å². The summed E-state index contributed by atoms with van der Waals surface area (Å²) in [7, 11) is 0. The third-order valence-electron chi connectivity index (χ3n) is 2.80. The molecular formula is C11H19N3O. The van der Waals surface area contributed by atoms with Crippen LogP contribution >= 0.6 is 0 Å². The summed E-state index contributed by atoms with van der Waals surface area (Å²) in [5, 5.41) is 3.56. The molecule has 2 heterocycles. The lowest BCUT2D eigenvalue weighted by atomic mass is 10.1. The Balaban J connectivity index is 1.64. The van der Waals surface area contributed by atoms with Crippen LogP contribution in [-0.4, -0.2) is 35.8 Å². The van der Waals surface area contributed by atoms with Gasteiger partial charge in [0.2, 0.25) is 0 Å². The van der Waals surface area contributed by atoms with Gasteiger partial charge < -0.3 is 15.0 Å². The molecule has 0 aromatic carbocycles. The van der Waals surface area contributed by atoms with E-state index in [0.717, 1.165) is 38.4 Å². The molecule has 1 aliphatic heterocycles. The van der Waals surface area contributed by atoms with Gasteiger partial charge in [0.05, 0.1) is 0 Å². The van der Waals surface area contributed by atoms with Crippen molar-refractivity contribution in [3.05, 3.63) is 18.2 Å². The van der Waals surface area contributed by atoms with Gasteiger partial charge in [-0.3, -0.25) is 0 Å². The summed E-state index contributed by atoms with van der Waals surface area (Å²) in [6, 6.07) is 0.627. The molecule has 0 saturated carbocycles. The topological polar surface area (TPSA) is 49.9 Å². The van der Waals surface area contributed by atoms with Crippen LogP contribution in [-0.2, 0) is 11.2 Å². The molecule has 2 rings (SSSR count). The minimum Gasteiger partial charge on any atom is -0.381 e. The zero-order valence-corrected chi connectivity index (χ0v) is 9.04. The standard InChI is InChI=1S/C11H19N3O/c1-2-10(4-9-15-8-1)12-5-3-11-13-6-7-14-11/h6-7,10,12H,1-5,8-9H2,(H,13,14). The van der Waals surface area contributed by atoms with Gasteiger partial charge in [-0.2, -0.15) is 0 Å². The Hall–Kier alpha value is -0.870. The van der Waals surface area contributed by atoms with Crippen LogP contribution in [0.25, 0.3) is 0 Å². The Morgan fingerprint density at radius 3 is 3.33 bits per heavy atom. The predicted molar refractivity (Wildman–Crippen MR) is 58.8 cm³/mol. The first kappa shape index (κ1) is 10.6. The van der Waals surface area contributed by atoms with E-state index in [4.69, 9.17) is 4.74 Å². The van der Waals surface area contributed by atoms with Crippen molar-refractivity contribution < 1.29 is 4.74 Å². The van der Waals surface area contributed by atoms with E-state index in [0.29, 0.717) is 6.04 Å². The number of rotatable bonds is 4. The maximum absolute atomic E-state index is 5.42. The van der Waals surface area contributed by atoms with Crippen molar-refractivity contribution in [3.63, 3.8) is 0 Å². The van der Waals surface area contributed by atoms with Crippen LogP contribution in [0.15, 0.2) is 12.4 Å². The molecule has 1 unspecified atom stereocenters. The van der Waals surface area contributed by atoms with E-state index in [1.165, 1.54) is 12.8 Å². The molecule has 84 valence electrons. The highest BCUT2D eigenvalue weighted by atomic mass is 16.5. The molecule has 1 aromatic heterocycles. The molecule has 1 aromatic rings. The van der Waals surface area contributed by atoms with Crippen molar-refractivity contribution in [1.29, 1.82) is 0 Å². The van der Waals surface area contributed by atoms with Crippen molar-refractivity contribution in [2.75, 3.05) is 19.8 Å². The molecule has 0 amide bonds. The van der Waals surface area contributed by atoms with Crippen LogP contribution in [0.1, 0.15) is 25.1 Å². The predicted octanol–water partition coefficient (Wildman–Crippen LogP) is 1.11. The fourth-order valence-corrected chi connectivity index (χ4v) is 1.94. The average Bonchev–Trinajstić information content (AvgIpc) is 2.62. The highest BCUT2D eigenvalue weighted by Gasteiger charge is 2.11. The van der Waals surface area contributed by atoms with Crippen LogP contribution < -0.4 is 5.32 Å². The Morgan fingerprint density at radius 1 is 1.47 bits per heavy atom. The molecule has 1 saturated heterocycles. The number of aromatic nitrogens is 2. The number of nitrogens with one attached hydrogen (secondary N) is 2. The van der Waals surface area contributed by atoms with E-state index >= 15 is 0 Å². The van der Waals surface area contributed by atoms with Crippen molar-refractivity contribution in [2.24, 2.45) is 0 Å². The van der Waals surface area contributed by atoms with Gasteiger partial charge in [-0.25, -0.2) is 4.98 Å². The van der Waals surface area contributed by atoms with Crippen molar-refractivity contribution in [3.8, 4) is 0 Å². The van der Waals surface area contributed by atoms with Crippen LogP contribution in [0.3, 0.4) is 0 Å². The first-order valence-electron chi connectivity index (χ1n) is 5.74. The summed E-state index contributed by atoms with van der Waals surface area (Å²) in [4.78, 5) is 7.31. The summed E-state index contributed by atoms with van der Waals surface area (Å²) in [6.45, 7) is 2.83. The third-order valence-corrected chi connectivity index (χ3v) is 2.80. The Bertz CT molecular complexity index is 253. The van der Waals surface area contributed by atoms with E-state index in [1.54, 1.807) is 6.20 Å². The highest BCUT2D eigenvalue weighted by Crippen LogP contribution is 2.07. The van der Waals surface area contributed by atoms with Crippen LogP contribution in [0.4, 0.5) is 0 Å². The second kappa shape index (κ2) is 5.88. The lowest BCUT2D eigenvalue weighted by molar-refractivity contribution is 0.142. The largest absolute Gasteiger partial charge is 0.381 e. The Kier molecular flexibility index (Phi) is 4.17. The smallest absolute Gasteiger partial charge is 0.107 e. The maximum Gasteiger partial charge on any atom is 0.107 e. The fourth-order valence-electron chi connectivity index (χ4n) is 1.94. The number of ether oxygens (including phenoxy) is 1. The van der Waals surface area contributed by atoms with Gasteiger partial charge >= 0.3 is 0 Å². The maximum atomic E-state index is 5.42. The summed E-state index contributed by atoms with van der Waals surface area (Å²) in [5.41, 5.74) is 0. The molecule has 0 radical (unpaired) electrons. The van der Waals surface area contributed by atoms with Crippen molar-refractivity contribution in [2.45, 2.75) is 31.7 Å². The van der Waals surface area contributed by atoms with E-state index < -0.39 is 0 Å². The van der Waals surface area contributed by atoms with E-state index in [2.05, 4.69) is 15.3 Å². The summed E-state index contributed by atoms with van der Waals surface area (Å²) < 4.78 is 5.42. The number of aromatic amines is 1. The first-order chi connectivity index (χ1) is 7.45. The Labute approximate surface area is 90.4 Å². The zero-order chi connectivity index (χ0) is 10.3. The van der Waals surface area contributed by atoms with E-state index in [1.807, 2.05) is 6.20 Å². The van der Waals surface area contributed by atoms with Crippen molar-refractivity contribution >= 4 is 0 Å². The average molecular weight is 209 g/mol. The van der Waals surface area contributed by atoms with Gasteiger partial charge in [0.15, 0.2) is 0 Å². The number of hydrogen-bond donors (Lipinski definition) is 2. The minimum atomic E-state index is 0.627. The van der Waals surface area contributed by atoms with Crippen LogP contribution in [0.5, 0.6) is 0 Å². The molecule has 0 bridgehead atoms. The van der Waals surface area contributed by atoms with Crippen LogP contribution in [0.2, 0.25) is 0 Å². The van der Waals surface area contributed by atoms with Gasteiger partial charge in [-0.05, 0) is 19.3 Å². The zero-order valence-electron chi connectivity index (χ0n) is 9.04. The summed E-state index contributed by atoms with van der Waals surface area (Å²) in [5.74, 6) is 1.06. The molecule has 15 heavy (non-hydrogen) atoms. The van der Waals surface area contributed by atoms with Gasteiger partial charge in [-0.15, -0.1) is 0 Å². The molecule has 1 fully saturated rings. The fraction of sp³-hybridized carbons (Fsp3) is 0.727. The lowest BCUT2D eigenvalue weighted by Crippen LogP contribution is -2.31. The molecule has 1 atom stereocenters. The van der Waals surface area contributed by atoms with Gasteiger partial charge in [0.25, 0.3) is 0 Å². The Morgan fingerprint density at radius 2 is 2.47 bits per heavy atom. The first-order valence-corrected chi connectivity index (χ1v) is 5.74. The lowest BCUT2D eigenvalue weighted by Gasteiger charge is -2.14. The minimum absolute atomic E-state index is 0.627. The molecule has 0 aliphatic carbocycles. The number of imidazole rings is 1. The molecule has 4 heteroatoms. The van der Waals surface area contributed by atoms with Crippen LogP contribution in [0, 0.1) is 0 Å². The summed E-state index contributed by atoms with van der Waals surface area (Å²) >= 11 is 0.